The Hall–Kier alpha value is -2.49. The Morgan fingerprint density at radius 2 is 1.72 bits per heavy atom. The molecule has 1 aliphatic carbocycles. The van der Waals surface area contributed by atoms with Crippen LogP contribution in [0, 0.1) is 0 Å². The van der Waals surface area contributed by atoms with E-state index in [0.29, 0.717) is 5.69 Å². The molecule has 9 heteroatoms. The quantitative estimate of drug-likeness (QED) is 0.802. The zero-order valence-corrected chi connectivity index (χ0v) is 17.1. The van der Waals surface area contributed by atoms with Crippen LogP contribution < -0.4 is 10.0 Å². The predicted molar refractivity (Wildman–Crippen MR) is 114 cm³/mol. The summed E-state index contributed by atoms with van der Waals surface area (Å²) in [4.78, 5) is 32.1. The van der Waals surface area contributed by atoms with Gasteiger partial charge in [-0.3, -0.25) is 9.59 Å². The van der Waals surface area contributed by atoms with E-state index in [0.717, 1.165) is 30.3 Å². The standard InChI is InChI=1S/C20H19N3O4S2/c21-29(26,27)18-7-3-4-13-19(18)17(24)12-15(20(13)25)22-14-5-1-2-6-16(14)23-8-10-28-11-9-23/h1-7H,8-12H2,(H2,21,26,27). The average Bonchev–Trinajstić information content (AvgIpc) is 2.72. The molecule has 2 aromatic carbocycles. The van der Waals surface area contributed by atoms with Gasteiger partial charge in [0.1, 0.15) is 0 Å². The Bertz CT molecular complexity index is 1140. The first-order valence-corrected chi connectivity index (χ1v) is 11.8. The maximum absolute atomic E-state index is 13.0. The summed E-state index contributed by atoms with van der Waals surface area (Å²) in [5.74, 6) is 1.11. The molecule has 0 radical (unpaired) electrons. The van der Waals surface area contributed by atoms with Crippen molar-refractivity contribution in [3.63, 3.8) is 0 Å². The van der Waals surface area contributed by atoms with E-state index in [1.165, 1.54) is 18.2 Å². The van der Waals surface area contributed by atoms with Gasteiger partial charge in [-0.15, -0.1) is 0 Å². The minimum atomic E-state index is -4.12. The van der Waals surface area contributed by atoms with Crippen molar-refractivity contribution in [2.24, 2.45) is 10.1 Å². The van der Waals surface area contributed by atoms with Crippen molar-refractivity contribution in [3.05, 3.63) is 53.6 Å². The molecule has 2 aromatic rings. The maximum atomic E-state index is 13.0. The number of hydrogen-bond donors (Lipinski definition) is 1. The minimum Gasteiger partial charge on any atom is -0.368 e. The summed E-state index contributed by atoms with van der Waals surface area (Å²) in [5, 5.41) is 5.22. The van der Waals surface area contributed by atoms with Gasteiger partial charge in [0.15, 0.2) is 5.78 Å². The van der Waals surface area contributed by atoms with Gasteiger partial charge < -0.3 is 4.90 Å². The molecular formula is C20H19N3O4S2. The van der Waals surface area contributed by atoms with Crippen LogP contribution in [0.5, 0.6) is 0 Å². The van der Waals surface area contributed by atoms with Crippen molar-refractivity contribution >= 4 is 50.4 Å². The number of carbonyl (C=O) groups excluding carboxylic acids is 2. The number of fused-ring (bicyclic) bond motifs is 1. The number of ketones is 2. The number of aliphatic imine (C=N–C) groups is 1. The molecule has 1 heterocycles. The third-order valence-corrected chi connectivity index (χ3v) is 6.83. The number of sulfonamides is 1. The van der Waals surface area contributed by atoms with Crippen LogP contribution in [0.2, 0.25) is 0 Å². The molecular weight excluding hydrogens is 410 g/mol. The molecule has 0 amide bonds. The maximum Gasteiger partial charge on any atom is 0.238 e. The summed E-state index contributed by atoms with van der Waals surface area (Å²) in [6, 6.07) is 11.6. The van der Waals surface area contributed by atoms with E-state index in [9.17, 15) is 18.0 Å². The lowest BCUT2D eigenvalue weighted by atomic mass is 9.88. The smallest absolute Gasteiger partial charge is 0.238 e. The molecule has 0 saturated carbocycles. The summed E-state index contributed by atoms with van der Waals surface area (Å²) in [5.41, 5.74) is 1.54. The molecule has 1 fully saturated rings. The van der Waals surface area contributed by atoms with Crippen LogP contribution in [-0.2, 0) is 10.0 Å². The number of benzene rings is 2. The topological polar surface area (TPSA) is 110 Å². The van der Waals surface area contributed by atoms with E-state index in [1.807, 2.05) is 36.0 Å². The fourth-order valence-electron chi connectivity index (χ4n) is 3.59. The van der Waals surface area contributed by atoms with Gasteiger partial charge in [-0.05, 0) is 18.2 Å². The molecule has 150 valence electrons. The van der Waals surface area contributed by atoms with Crippen LogP contribution in [0.15, 0.2) is 52.4 Å². The van der Waals surface area contributed by atoms with E-state index in [4.69, 9.17) is 5.14 Å². The van der Waals surface area contributed by atoms with E-state index in [1.54, 1.807) is 0 Å². The zero-order chi connectivity index (χ0) is 20.6. The van der Waals surface area contributed by atoms with E-state index >= 15 is 0 Å². The average molecular weight is 430 g/mol. The number of Topliss-reactive ketones (excluding diaryl/α,β-unsaturated/α-hetero) is 2. The van der Waals surface area contributed by atoms with E-state index in [2.05, 4.69) is 9.89 Å². The van der Waals surface area contributed by atoms with Crippen LogP contribution in [0.4, 0.5) is 11.4 Å². The lowest BCUT2D eigenvalue weighted by Gasteiger charge is -2.29. The molecule has 1 saturated heterocycles. The number of nitrogens with zero attached hydrogens (tertiary/aromatic N) is 2. The predicted octanol–water partition coefficient (Wildman–Crippen LogP) is 2.43. The molecule has 2 aliphatic rings. The first-order valence-electron chi connectivity index (χ1n) is 9.09. The summed E-state index contributed by atoms with van der Waals surface area (Å²) in [7, 11) is -4.12. The zero-order valence-electron chi connectivity index (χ0n) is 15.5. The molecule has 29 heavy (non-hydrogen) atoms. The van der Waals surface area contributed by atoms with Crippen molar-refractivity contribution in [1.82, 2.24) is 0 Å². The number of carbonyl (C=O) groups is 2. The number of hydrogen-bond acceptors (Lipinski definition) is 7. The highest BCUT2D eigenvalue weighted by molar-refractivity contribution is 7.99. The van der Waals surface area contributed by atoms with E-state index < -0.39 is 21.6 Å². The van der Waals surface area contributed by atoms with Gasteiger partial charge in [0.25, 0.3) is 0 Å². The third-order valence-electron chi connectivity index (χ3n) is 4.94. The number of rotatable bonds is 3. The van der Waals surface area contributed by atoms with Gasteiger partial charge >= 0.3 is 0 Å². The Kier molecular flexibility index (Phi) is 5.28. The number of thioether (sulfide) groups is 1. The van der Waals surface area contributed by atoms with Gasteiger partial charge in [-0.2, -0.15) is 11.8 Å². The van der Waals surface area contributed by atoms with Gasteiger partial charge in [-0.1, -0.05) is 24.3 Å². The molecule has 0 aromatic heterocycles. The lowest BCUT2D eigenvalue weighted by molar-refractivity contribution is 0.0962. The molecule has 2 N–H and O–H groups in total. The largest absolute Gasteiger partial charge is 0.368 e. The van der Waals surface area contributed by atoms with Gasteiger partial charge in [0.2, 0.25) is 15.8 Å². The molecule has 7 nitrogen and oxygen atoms in total. The molecule has 0 unspecified atom stereocenters. The Morgan fingerprint density at radius 3 is 2.45 bits per heavy atom. The van der Waals surface area contributed by atoms with Gasteiger partial charge in [-0.25, -0.2) is 18.5 Å². The molecule has 0 atom stereocenters. The Morgan fingerprint density at radius 1 is 1.00 bits per heavy atom. The monoisotopic (exact) mass is 429 g/mol. The lowest BCUT2D eigenvalue weighted by Crippen LogP contribution is -2.32. The van der Waals surface area contributed by atoms with Crippen molar-refractivity contribution in [1.29, 1.82) is 0 Å². The highest BCUT2D eigenvalue weighted by Crippen LogP contribution is 2.33. The van der Waals surface area contributed by atoms with E-state index in [-0.39, 0.29) is 28.2 Å². The first-order chi connectivity index (χ1) is 13.9. The molecule has 0 bridgehead atoms. The Balaban J connectivity index is 1.77. The molecule has 0 spiro atoms. The van der Waals surface area contributed by atoms with Crippen molar-refractivity contribution in [3.8, 4) is 0 Å². The SMILES string of the molecule is NS(=O)(=O)c1cccc2c1C(=O)CC(=Nc1ccccc1N1CCSCC1)C2=O. The second-order valence-electron chi connectivity index (χ2n) is 6.80. The highest BCUT2D eigenvalue weighted by atomic mass is 32.2. The summed E-state index contributed by atoms with van der Waals surface area (Å²) >= 11 is 1.90. The molecule has 4 rings (SSSR count). The van der Waals surface area contributed by atoms with Crippen LogP contribution in [-0.4, -0.2) is 50.3 Å². The highest BCUT2D eigenvalue weighted by Gasteiger charge is 2.34. The number of anilines is 1. The Labute approximate surface area is 173 Å². The number of para-hydroxylation sites is 2. The fourth-order valence-corrected chi connectivity index (χ4v) is 5.27. The van der Waals surface area contributed by atoms with Crippen molar-refractivity contribution < 1.29 is 18.0 Å². The fraction of sp³-hybridized carbons (Fsp3) is 0.250. The van der Waals surface area contributed by atoms with Crippen LogP contribution >= 0.6 is 11.8 Å². The summed E-state index contributed by atoms with van der Waals surface area (Å²) < 4.78 is 23.7. The number of nitrogens with two attached hydrogens (primary N) is 1. The summed E-state index contributed by atoms with van der Waals surface area (Å²) in [6.45, 7) is 1.78. The van der Waals surface area contributed by atoms with Crippen molar-refractivity contribution in [2.45, 2.75) is 11.3 Å². The second kappa shape index (κ2) is 7.74. The first kappa shape index (κ1) is 19.8. The van der Waals surface area contributed by atoms with Crippen LogP contribution in [0.25, 0.3) is 0 Å². The minimum absolute atomic E-state index is 0.0263. The second-order valence-corrected chi connectivity index (χ2v) is 9.55. The van der Waals surface area contributed by atoms with Gasteiger partial charge in [0, 0.05) is 35.7 Å². The van der Waals surface area contributed by atoms with Crippen LogP contribution in [0.1, 0.15) is 27.1 Å². The van der Waals surface area contributed by atoms with Crippen LogP contribution in [0.3, 0.4) is 0 Å². The number of primary sulfonamides is 1. The third kappa shape index (κ3) is 3.85. The normalized spacial score (nSPS) is 18.8. The van der Waals surface area contributed by atoms with Gasteiger partial charge in [0.05, 0.1) is 28.4 Å². The molecule has 1 aliphatic heterocycles. The van der Waals surface area contributed by atoms with Crippen molar-refractivity contribution in [2.75, 3.05) is 29.5 Å². The summed E-state index contributed by atoms with van der Waals surface area (Å²) in [6.07, 6.45) is -0.261.